The number of carbonyl (C=O) groups excluding carboxylic acids is 1. The molecule has 8 heteroatoms. The number of piperidine rings is 1. The predicted octanol–water partition coefficient (Wildman–Crippen LogP) is 3.79. The number of benzene rings is 1. The lowest BCUT2D eigenvalue weighted by molar-refractivity contribution is -0.126. The van der Waals surface area contributed by atoms with Crippen LogP contribution in [0.4, 0.5) is 0 Å². The van der Waals surface area contributed by atoms with Crippen LogP contribution in [0.1, 0.15) is 48.8 Å². The van der Waals surface area contributed by atoms with E-state index in [0.29, 0.717) is 55.2 Å². The molecule has 1 amide bonds. The van der Waals surface area contributed by atoms with Gasteiger partial charge in [0.2, 0.25) is 5.91 Å². The maximum atomic E-state index is 12.9. The van der Waals surface area contributed by atoms with Crippen LogP contribution in [0.15, 0.2) is 50.8 Å². The van der Waals surface area contributed by atoms with E-state index in [0.717, 1.165) is 22.7 Å². The van der Waals surface area contributed by atoms with Crippen LogP contribution in [-0.2, 0) is 21.4 Å². The summed E-state index contributed by atoms with van der Waals surface area (Å²) in [6.07, 6.45) is 1.88. The van der Waals surface area contributed by atoms with Gasteiger partial charge in [-0.15, -0.1) is 4.40 Å². The van der Waals surface area contributed by atoms with Gasteiger partial charge in [0.15, 0.2) is 0 Å². The van der Waals surface area contributed by atoms with E-state index in [4.69, 9.17) is 4.42 Å². The molecule has 4 rings (SSSR count). The van der Waals surface area contributed by atoms with Crippen molar-refractivity contribution in [2.45, 2.75) is 46.6 Å². The minimum atomic E-state index is -3.74. The van der Waals surface area contributed by atoms with E-state index in [1.807, 2.05) is 62.1 Å². The molecule has 1 aromatic carbocycles. The average Bonchev–Trinajstić information content (AvgIpc) is 3.32. The Labute approximate surface area is 189 Å². The second-order valence-electron chi connectivity index (χ2n) is 8.41. The van der Waals surface area contributed by atoms with Gasteiger partial charge in [0, 0.05) is 24.6 Å². The standard InChI is InChI=1S/C24H29N3O4S/c1-4-21-22(18-8-5-16(2)6-9-18)32(29,30)26-23(21)27-13-11-19(12-14-27)24(28)25-15-20-10-7-17(3)31-20/h5-10,19H,4,11-15H2,1-3H3,(H,25,28). The summed E-state index contributed by atoms with van der Waals surface area (Å²) in [5, 5.41) is 2.95. The highest BCUT2D eigenvalue weighted by atomic mass is 32.2. The molecule has 0 bridgehead atoms. The summed E-state index contributed by atoms with van der Waals surface area (Å²) >= 11 is 0. The first kappa shape index (κ1) is 22.3. The summed E-state index contributed by atoms with van der Waals surface area (Å²) < 4.78 is 35.5. The normalized spacial score (nSPS) is 18.7. The number of amides is 1. The quantitative estimate of drug-likeness (QED) is 0.741. The van der Waals surface area contributed by atoms with Crippen LogP contribution in [0.2, 0.25) is 0 Å². The number of likely N-dealkylation sites (tertiary alicyclic amines) is 1. The van der Waals surface area contributed by atoms with Gasteiger partial charge >= 0.3 is 0 Å². The van der Waals surface area contributed by atoms with Crippen LogP contribution < -0.4 is 5.32 Å². The Kier molecular flexibility index (Phi) is 6.24. The third-order valence-corrected chi connectivity index (χ3v) is 7.49. The van der Waals surface area contributed by atoms with Crippen LogP contribution in [0.5, 0.6) is 0 Å². The largest absolute Gasteiger partial charge is 0.465 e. The van der Waals surface area contributed by atoms with Crippen LogP contribution in [0.3, 0.4) is 0 Å². The summed E-state index contributed by atoms with van der Waals surface area (Å²) in [5.41, 5.74) is 2.50. The summed E-state index contributed by atoms with van der Waals surface area (Å²) in [7, 11) is -3.74. The van der Waals surface area contributed by atoms with Crippen molar-refractivity contribution in [3.63, 3.8) is 0 Å². The van der Waals surface area contributed by atoms with Crippen LogP contribution in [0, 0.1) is 19.8 Å². The van der Waals surface area contributed by atoms with Gasteiger partial charge in [-0.1, -0.05) is 36.8 Å². The maximum absolute atomic E-state index is 12.9. The molecule has 0 atom stereocenters. The Bertz CT molecular complexity index is 1170. The van der Waals surface area contributed by atoms with Gasteiger partial charge in [0.1, 0.15) is 22.3 Å². The lowest BCUT2D eigenvalue weighted by Gasteiger charge is -2.33. The Hall–Kier alpha value is -2.87. The Morgan fingerprint density at radius 1 is 1.12 bits per heavy atom. The van der Waals surface area contributed by atoms with Gasteiger partial charge in [0.05, 0.1) is 6.54 Å². The second-order valence-corrected chi connectivity index (χ2v) is 9.95. The fourth-order valence-corrected chi connectivity index (χ4v) is 5.84. The molecule has 0 radical (unpaired) electrons. The zero-order valence-electron chi connectivity index (χ0n) is 18.7. The van der Waals surface area contributed by atoms with Crippen molar-refractivity contribution in [1.82, 2.24) is 10.2 Å². The lowest BCUT2D eigenvalue weighted by Crippen LogP contribution is -2.43. The van der Waals surface area contributed by atoms with Gasteiger partial charge in [-0.05, 0) is 50.8 Å². The Morgan fingerprint density at radius 3 is 2.41 bits per heavy atom. The third-order valence-electron chi connectivity index (χ3n) is 6.07. The van der Waals surface area contributed by atoms with E-state index < -0.39 is 10.0 Å². The van der Waals surface area contributed by atoms with Crippen LogP contribution in [-0.4, -0.2) is 38.2 Å². The third kappa shape index (κ3) is 4.50. The molecular weight excluding hydrogens is 426 g/mol. The summed E-state index contributed by atoms with van der Waals surface area (Å²) in [6.45, 7) is 7.36. The summed E-state index contributed by atoms with van der Waals surface area (Å²) in [4.78, 5) is 14.9. The number of hydrogen-bond donors (Lipinski definition) is 1. The lowest BCUT2D eigenvalue weighted by atomic mass is 9.94. The number of hydrogen-bond acceptors (Lipinski definition) is 5. The minimum absolute atomic E-state index is 0.00582. The summed E-state index contributed by atoms with van der Waals surface area (Å²) in [6, 6.07) is 11.2. The average molecular weight is 456 g/mol. The molecule has 3 heterocycles. The highest BCUT2D eigenvalue weighted by Gasteiger charge is 2.36. The van der Waals surface area contributed by atoms with Crippen LogP contribution >= 0.6 is 0 Å². The predicted molar refractivity (Wildman–Crippen MR) is 124 cm³/mol. The molecule has 0 unspecified atom stereocenters. The van der Waals surface area contributed by atoms with Crippen molar-refractivity contribution in [2.24, 2.45) is 10.3 Å². The first-order valence-corrected chi connectivity index (χ1v) is 12.5. The van der Waals surface area contributed by atoms with Gasteiger partial charge in [-0.25, -0.2) is 0 Å². The first-order chi connectivity index (χ1) is 15.3. The second kappa shape index (κ2) is 8.94. The zero-order valence-corrected chi connectivity index (χ0v) is 19.5. The first-order valence-electron chi connectivity index (χ1n) is 11.0. The molecule has 0 saturated carbocycles. The fraction of sp³-hybridized carbons (Fsp3) is 0.417. The van der Waals surface area contributed by atoms with Crippen LogP contribution in [0.25, 0.3) is 4.91 Å². The number of furan rings is 1. The monoisotopic (exact) mass is 455 g/mol. The molecule has 2 aromatic rings. The smallest absolute Gasteiger partial charge is 0.285 e. The van der Waals surface area contributed by atoms with Gasteiger partial charge < -0.3 is 14.6 Å². The Morgan fingerprint density at radius 2 is 1.81 bits per heavy atom. The molecule has 1 N–H and O–H groups in total. The Balaban J connectivity index is 1.44. The molecule has 0 spiro atoms. The van der Waals surface area contributed by atoms with E-state index in [9.17, 15) is 13.2 Å². The minimum Gasteiger partial charge on any atom is -0.465 e. The van der Waals surface area contributed by atoms with E-state index in [1.54, 1.807) is 0 Å². The van der Waals surface area contributed by atoms with Crippen molar-refractivity contribution >= 4 is 26.7 Å². The van der Waals surface area contributed by atoms with E-state index >= 15 is 0 Å². The van der Waals surface area contributed by atoms with Gasteiger partial charge in [0.25, 0.3) is 10.0 Å². The molecule has 1 fully saturated rings. The molecular formula is C24H29N3O4S. The number of carbonyl (C=O) groups is 1. The van der Waals surface area contributed by atoms with Gasteiger partial charge in [-0.3, -0.25) is 4.79 Å². The number of rotatable bonds is 5. The van der Waals surface area contributed by atoms with Crippen molar-refractivity contribution in [1.29, 1.82) is 0 Å². The number of aryl methyl sites for hydroxylation is 2. The van der Waals surface area contributed by atoms with Crippen molar-refractivity contribution in [3.8, 4) is 0 Å². The number of nitrogens with one attached hydrogen (secondary N) is 1. The molecule has 170 valence electrons. The molecule has 1 saturated heterocycles. The van der Waals surface area contributed by atoms with Gasteiger partial charge in [-0.2, -0.15) is 8.42 Å². The van der Waals surface area contributed by atoms with Crippen molar-refractivity contribution in [3.05, 3.63) is 64.6 Å². The van der Waals surface area contributed by atoms with E-state index in [2.05, 4.69) is 9.71 Å². The van der Waals surface area contributed by atoms with E-state index in [1.165, 1.54) is 0 Å². The molecule has 32 heavy (non-hydrogen) atoms. The molecule has 0 aliphatic carbocycles. The highest BCUT2D eigenvalue weighted by molar-refractivity contribution is 8.00. The number of sulfonamides is 1. The zero-order chi connectivity index (χ0) is 22.9. The highest BCUT2D eigenvalue weighted by Crippen LogP contribution is 2.36. The summed E-state index contributed by atoms with van der Waals surface area (Å²) in [5.74, 6) is 1.99. The van der Waals surface area contributed by atoms with E-state index in [-0.39, 0.29) is 11.8 Å². The number of amidine groups is 1. The topological polar surface area (TPSA) is 92.0 Å². The molecule has 2 aliphatic heterocycles. The maximum Gasteiger partial charge on any atom is 0.285 e. The fourth-order valence-electron chi connectivity index (χ4n) is 4.32. The molecule has 7 nitrogen and oxygen atoms in total. The molecule has 1 aromatic heterocycles. The SMILES string of the molecule is CCC1=C(c2ccc(C)cc2)S(=O)(=O)N=C1N1CCC(C(=O)NCc2ccc(C)o2)CC1. The van der Waals surface area contributed by atoms with Crippen molar-refractivity contribution < 1.29 is 17.6 Å². The number of nitrogens with zero attached hydrogens (tertiary/aromatic N) is 2. The van der Waals surface area contributed by atoms with Crippen molar-refractivity contribution in [2.75, 3.05) is 13.1 Å². The molecule has 2 aliphatic rings.